The normalized spacial score (nSPS) is 10.3. The standard InChI is InChI=1S/C17H15FN4/c1-12-19-16(21-13-7-3-2-4-8-13)11-17(20-12)22-15-10-6-5-9-14(15)18/h2-11H,1H3,(H2,19,20,21,22). The highest BCUT2D eigenvalue weighted by molar-refractivity contribution is 5.63. The summed E-state index contributed by atoms with van der Waals surface area (Å²) in [5.41, 5.74) is 1.31. The predicted octanol–water partition coefficient (Wildman–Crippen LogP) is 4.41. The Bertz CT molecular complexity index is 775. The molecule has 2 N–H and O–H groups in total. The summed E-state index contributed by atoms with van der Waals surface area (Å²) in [5.74, 6) is 1.46. The molecule has 0 saturated carbocycles. The topological polar surface area (TPSA) is 49.8 Å². The average Bonchev–Trinajstić information content (AvgIpc) is 2.50. The van der Waals surface area contributed by atoms with Gasteiger partial charge in [-0.1, -0.05) is 30.3 Å². The molecule has 0 aliphatic rings. The van der Waals surface area contributed by atoms with Crippen molar-refractivity contribution in [2.24, 2.45) is 0 Å². The van der Waals surface area contributed by atoms with Crippen molar-refractivity contribution < 1.29 is 4.39 Å². The zero-order valence-electron chi connectivity index (χ0n) is 12.0. The Labute approximate surface area is 128 Å². The molecule has 1 aromatic heterocycles. The van der Waals surface area contributed by atoms with E-state index >= 15 is 0 Å². The lowest BCUT2D eigenvalue weighted by molar-refractivity contribution is 0.632. The largest absolute Gasteiger partial charge is 0.340 e. The van der Waals surface area contributed by atoms with Gasteiger partial charge in [0.1, 0.15) is 23.3 Å². The van der Waals surface area contributed by atoms with Gasteiger partial charge in [-0.2, -0.15) is 0 Å². The number of hydrogen-bond acceptors (Lipinski definition) is 4. The van der Waals surface area contributed by atoms with Crippen LogP contribution in [0.2, 0.25) is 0 Å². The molecule has 0 bridgehead atoms. The fraction of sp³-hybridized carbons (Fsp3) is 0.0588. The molecule has 0 aliphatic heterocycles. The van der Waals surface area contributed by atoms with Crippen LogP contribution in [0.5, 0.6) is 0 Å². The Kier molecular flexibility index (Phi) is 3.96. The molecule has 0 amide bonds. The molecule has 4 nitrogen and oxygen atoms in total. The van der Waals surface area contributed by atoms with E-state index in [0.29, 0.717) is 23.1 Å². The zero-order chi connectivity index (χ0) is 15.4. The fourth-order valence-electron chi connectivity index (χ4n) is 2.07. The van der Waals surface area contributed by atoms with Crippen LogP contribution in [0.3, 0.4) is 0 Å². The number of para-hydroxylation sites is 2. The highest BCUT2D eigenvalue weighted by Gasteiger charge is 2.05. The van der Waals surface area contributed by atoms with E-state index in [1.165, 1.54) is 6.07 Å². The van der Waals surface area contributed by atoms with Gasteiger partial charge in [0.2, 0.25) is 0 Å². The molecule has 3 aromatic rings. The molecular weight excluding hydrogens is 279 g/mol. The summed E-state index contributed by atoms with van der Waals surface area (Å²) in [4.78, 5) is 8.62. The molecular formula is C17H15FN4. The Morgan fingerprint density at radius 1 is 0.818 bits per heavy atom. The number of aryl methyl sites for hydroxylation is 1. The van der Waals surface area contributed by atoms with Gasteiger partial charge >= 0.3 is 0 Å². The van der Waals surface area contributed by atoms with Crippen LogP contribution < -0.4 is 10.6 Å². The van der Waals surface area contributed by atoms with E-state index in [2.05, 4.69) is 20.6 Å². The molecule has 0 aliphatic carbocycles. The first-order chi connectivity index (χ1) is 10.7. The first-order valence-electron chi connectivity index (χ1n) is 6.90. The maximum atomic E-state index is 13.7. The molecule has 0 unspecified atom stereocenters. The molecule has 2 aromatic carbocycles. The monoisotopic (exact) mass is 294 g/mol. The van der Waals surface area contributed by atoms with Gasteiger partial charge in [0.25, 0.3) is 0 Å². The highest BCUT2D eigenvalue weighted by Crippen LogP contribution is 2.21. The van der Waals surface area contributed by atoms with Crippen molar-refractivity contribution in [3.63, 3.8) is 0 Å². The minimum atomic E-state index is -0.323. The molecule has 1 heterocycles. The van der Waals surface area contributed by atoms with Gasteiger partial charge in [-0.15, -0.1) is 0 Å². The third kappa shape index (κ3) is 3.38. The lowest BCUT2D eigenvalue weighted by atomic mass is 10.3. The highest BCUT2D eigenvalue weighted by atomic mass is 19.1. The Morgan fingerprint density at radius 2 is 1.45 bits per heavy atom. The Hall–Kier alpha value is -2.95. The van der Waals surface area contributed by atoms with Gasteiger partial charge in [-0.05, 0) is 31.2 Å². The molecule has 0 radical (unpaired) electrons. The van der Waals surface area contributed by atoms with Crippen molar-refractivity contribution in [1.29, 1.82) is 0 Å². The van der Waals surface area contributed by atoms with Crippen molar-refractivity contribution in [1.82, 2.24) is 9.97 Å². The van der Waals surface area contributed by atoms with Crippen LogP contribution in [0.15, 0.2) is 60.7 Å². The molecule has 3 rings (SSSR count). The number of benzene rings is 2. The summed E-state index contributed by atoms with van der Waals surface area (Å²) in [6.45, 7) is 1.79. The number of aromatic nitrogens is 2. The zero-order valence-corrected chi connectivity index (χ0v) is 12.0. The van der Waals surface area contributed by atoms with E-state index in [-0.39, 0.29) is 5.82 Å². The van der Waals surface area contributed by atoms with Crippen LogP contribution in [-0.4, -0.2) is 9.97 Å². The number of hydrogen-bond donors (Lipinski definition) is 2. The number of nitrogens with one attached hydrogen (secondary N) is 2. The summed E-state index contributed by atoms with van der Waals surface area (Å²) in [6.07, 6.45) is 0. The Balaban J connectivity index is 1.85. The minimum absolute atomic E-state index is 0.323. The SMILES string of the molecule is Cc1nc(Nc2ccccc2)cc(Nc2ccccc2F)n1. The Morgan fingerprint density at radius 3 is 2.18 bits per heavy atom. The third-order valence-corrected chi connectivity index (χ3v) is 3.02. The summed E-state index contributed by atoms with van der Waals surface area (Å²) in [6, 6.07) is 17.9. The van der Waals surface area contributed by atoms with Crippen LogP contribution in [-0.2, 0) is 0 Å². The lowest BCUT2D eigenvalue weighted by Gasteiger charge is -2.10. The van der Waals surface area contributed by atoms with E-state index in [4.69, 9.17) is 0 Å². The van der Waals surface area contributed by atoms with Crippen molar-refractivity contribution in [2.75, 3.05) is 10.6 Å². The van der Waals surface area contributed by atoms with Crippen LogP contribution in [0.1, 0.15) is 5.82 Å². The van der Waals surface area contributed by atoms with Crippen molar-refractivity contribution in [2.45, 2.75) is 6.92 Å². The summed E-state index contributed by atoms with van der Waals surface area (Å²) in [7, 11) is 0. The summed E-state index contributed by atoms with van der Waals surface area (Å²) >= 11 is 0. The molecule has 0 saturated heterocycles. The van der Waals surface area contributed by atoms with Crippen LogP contribution in [0.25, 0.3) is 0 Å². The van der Waals surface area contributed by atoms with Crippen LogP contribution >= 0.6 is 0 Å². The molecule has 22 heavy (non-hydrogen) atoms. The fourth-order valence-corrected chi connectivity index (χ4v) is 2.07. The first kappa shape index (κ1) is 14.0. The number of nitrogens with zero attached hydrogens (tertiary/aromatic N) is 2. The number of anilines is 4. The second-order valence-electron chi connectivity index (χ2n) is 4.78. The predicted molar refractivity (Wildman–Crippen MR) is 86.2 cm³/mol. The molecule has 5 heteroatoms. The molecule has 0 fully saturated rings. The molecule has 0 atom stereocenters. The smallest absolute Gasteiger partial charge is 0.146 e. The van der Waals surface area contributed by atoms with Crippen molar-refractivity contribution in [3.05, 3.63) is 72.3 Å². The van der Waals surface area contributed by atoms with Gasteiger partial charge in [0, 0.05) is 11.8 Å². The van der Waals surface area contributed by atoms with E-state index in [1.54, 1.807) is 31.2 Å². The average molecular weight is 294 g/mol. The van der Waals surface area contributed by atoms with Gasteiger partial charge in [0.05, 0.1) is 5.69 Å². The van der Waals surface area contributed by atoms with Gasteiger partial charge in [-0.25, -0.2) is 14.4 Å². The number of halogens is 1. The van der Waals surface area contributed by atoms with Gasteiger partial charge in [-0.3, -0.25) is 0 Å². The first-order valence-corrected chi connectivity index (χ1v) is 6.90. The molecule has 0 spiro atoms. The van der Waals surface area contributed by atoms with E-state index in [9.17, 15) is 4.39 Å². The molecule has 110 valence electrons. The summed E-state index contributed by atoms with van der Waals surface area (Å²) in [5, 5.41) is 6.17. The van der Waals surface area contributed by atoms with Crippen LogP contribution in [0, 0.1) is 12.7 Å². The van der Waals surface area contributed by atoms with Crippen molar-refractivity contribution in [3.8, 4) is 0 Å². The van der Waals surface area contributed by atoms with E-state index < -0.39 is 0 Å². The lowest BCUT2D eigenvalue weighted by Crippen LogP contribution is -2.02. The van der Waals surface area contributed by atoms with E-state index in [0.717, 1.165) is 5.69 Å². The van der Waals surface area contributed by atoms with E-state index in [1.807, 2.05) is 30.3 Å². The maximum absolute atomic E-state index is 13.7. The van der Waals surface area contributed by atoms with Gasteiger partial charge < -0.3 is 10.6 Å². The quantitative estimate of drug-likeness (QED) is 0.748. The second-order valence-corrected chi connectivity index (χ2v) is 4.78. The second kappa shape index (κ2) is 6.22. The van der Waals surface area contributed by atoms with Crippen LogP contribution in [0.4, 0.5) is 27.4 Å². The third-order valence-electron chi connectivity index (χ3n) is 3.02. The maximum Gasteiger partial charge on any atom is 0.146 e. The van der Waals surface area contributed by atoms with Crippen molar-refractivity contribution >= 4 is 23.0 Å². The summed E-state index contributed by atoms with van der Waals surface area (Å²) < 4.78 is 13.7. The van der Waals surface area contributed by atoms with Gasteiger partial charge in [0.15, 0.2) is 0 Å². The number of rotatable bonds is 4. The minimum Gasteiger partial charge on any atom is -0.340 e.